The standard InChI is InChI=1S/C13H18N6.HI/c1-3-19-9-16-18-12(19)8-15-13(14)17-11-6-4-10(2)5-7-11;/h4-7,9H,3,8H2,1-2H3,(H3,14,15,17);1H. The average molecular weight is 386 g/mol. The van der Waals surface area contributed by atoms with Crippen LogP contribution >= 0.6 is 24.0 Å². The normalized spacial score (nSPS) is 11.0. The van der Waals surface area contributed by atoms with Gasteiger partial charge in [0.2, 0.25) is 0 Å². The molecule has 0 atom stereocenters. The van der Waals surface area contributed by atoms with Crippen LogP contribution in [0.2, 0.25) is 0 Å². The lowest BCUT2D eigenvalue weighted by molar-refractivity contribution is 0.699. The number of hydrogen-bond acceptors (Lipinski definition) is 3. The van der Waals surface area contributed by atoms with E-state index in [0.29, 0.717) is 12.5 Å². The summed E-state index contributed by atoms with van der Waals surface area (Å²) in [6, 6.07) is 7.96. The molecule has 2 aromatic rings. The summed E-state index contributed by atoms with van der Waals surface area (Å²) in [6.45, 7) is 5.31. The minimum Gasteiger partial charge on any atom is -0.370 e. The van der Waals surface area contributed by atoms with Crippen LogP contribution in [0.5, 0.6) is 0 Å². The van der Waals surface area contributed by atoms with Gasteiger partial charge in [-0.3, -0.25) is 0 Å². The summed E-state index contributed by atoms with van der Waals surface area (Å²) >= 11 is 0. The molecule has 0 spiro atoms. The number of aromatic nitrogens is 3. The van der Waals surface area contributed by atoms with Crippen LogP contribution in [0.1, 0.15) is 18.3 Å². The van der Waals surface area contributed by atoms with E-state index in [1.54, 1.807) is 6.33 Å². The third kappa shape index (κ3) is 4.48. The van der Waals surface area contributed by atoms with Gasteiger partial charge >= 0.3 is 0 Å². The van der Waals surface area contributed by atoms with Gasteiger partial charge in [-0.2, -0.15) is 0 Å². The molecule has 0 aliphatic rings. The molecule has 20 heavy (non-hydrogen) atoms. The third-order valence-electron chi connectivity index (χ3n) is 2.75. The van der Waals surface area contributed by atoms with E-state index in [0.717, 1.165) is 18.1 Å². The van der Waals surface area contributed by atoms with Crippen molar-refractivity contribution in [1.29, 1.82) is 0 Å². The first-order chi connectivity index (χ1) is 9.19. The Bertz CT molecular complexity index is 560. The number of aryl methyl sites for hydroxylation is 2. The van der Waals surface area contributed by atoms with Crippen LogP contribution in [-0.4, -0.2) is 20.7 Å². The number of nitrogens with two attached hydrogens (primary N) is 1. The van der Waals surface area contributed by atoms with Crippen molar-refractivity contribution >= 4 is 35.6 Å². The summed E-state index contributed by atoms with van der Waals surface area (Å²) in [4.78, 5) is 4.25. The molecular weight excluding hydrogens is 367 g/mol. The SMILES string of the molecule is CCn1cnnc1CN=C(N)Nc1ccc(C)cc1.I. The second kappa shape index (κ2) is 7.83. The highest BCUT2D eigenvalue weighted by Gasteiger charge is 2.01. The van der Waals surface area contributed by atoms with Gasteiger partial charge in [0.15, 0.2) is 11.8 Å². The van der Waals surface area contributed by atoms with E-state index in [1.165, 1.54) is 5.56 Å². The molecule has 1 aromatic heterocycles. The number of halogens is 1. The van der Waals surface area contributed by atoms with Gasteiger partial charge in [0.05, 0.1) is 0 Å². The molecule has 2 rings (SSSR count). The maximum Gasteiger partial charge on any atom is 0.193 e. The van der Waals surface area contributed by atoms with Gasteiger partial charge in [0.1, 0.15) is 12.9 Å². The number of nitrogens with zero attached hydrogens (tertiary/aromatic N) is 4. The molecule has 0 bridgehead atoms. The van der Waals surface area contributed by atoms with Gasteiger partial charge in [0, 0.05) is 12.2 Å². The zero-order valence-corrected chi connectivity index (χ0v) is 13.9. The van der Waals surface area contributed by atoms with Gasteiger partial charge in [-0.05, 0) is 26.0 Å². The number of anilines is 1. The Kier molecular flexibility index (Phi) is 6.43. The van der Waals surface area contributed by atoms with E-state index in [9.17, 15) is 0 Å². The van der Waals surface area contributed by atoms with Crippen molar-refractivity contribution in [3.8, 4) is 0 Å². The Balaban J connectivity index is 0.00000200. The lowest BCUT2D eigenvalue weighted by Gasteiger charge is -2.06. The fourth-order valence-electron chi connectivity index (χ4n) is 1.65. The number of guanidine groups is 1. The van der Waals surface area contributed by atoms with Gasteiger partial charge < -0.3 is 15.6 Å². The van der Waals surface area contributed by atoms with Crippen molar-refractivity contribution in [2.75, 3.05) is 5.32 Å². The van der Waals surface area contributed by atoms with Gasteiger partial charge in [-0.1, -0.05) is 17.7 Å². The maximum absolute atomic E-state index is 5.83. The first kappa shape index (κ1) is 16.4. The van der Waals surface area contributed by atoms with E-state index in [1.807, 2.05) is 42.7 Å². The second-order valence-corrected chi connectivity index (χ2v) is 4.23. The van der Waals surface area contributed by atoms with E-state index in [2.05, 4.69) is 20.5 Å². The van der Waals surface area contributed by atoms with Crippen LogP contribution in [0.15, 0.2) is 35.6 Å². The number of benzene rings is 1. The summed E-state index contributed by atoms with van der Waals surface area (Å²) in [7, 11) is 0. The zero-order valence-electron chi connectivity index (χ0n) is 11.6. The zero-order chi connectivity index (χ0) is 13.7. The van der Waals surface area contributed by atoms with Crippen LogP contribution < -0.4 is 11.1 Å². The molecule has 6 nitrogen and oxygen atoms in total. The van der Waals surface area contributed by atoms with E-state index < -0.39 is 0 Å². The molecule has 0 saturated carbocycles. The summed E-state index contributed by atoms with van der Waals surface area (Å²) < 4.78 is 1.93. The quantitative estimate of drug-likeness (QED) is 0.480. The lowest BCUT2D eigenvalue weighted by atomic mass is 10.2. The number of rotatable bonds is 4. The molecule has 7 heteroatoms. The minimum atomic E-state index is 0. The highest BCUT2D eigenvalue weighted by Crippen LogP contribution is 2.08. The maximum atomic E-state index is 5.83. The summed E-state index contributed by atoms with van der Waals surface area (Å²) in [6.07, 6.45) is 1.69. The third-order valence-corrected chi connectivity index (χ3v) is 2.75. The fraction of sp³-hybridized carbons (Fsp3) is 0.308. The van der Waals surface area contributed by atoms with Gasteiger partial charge in [-0.25, -0.2) is 4.99 Å². The van der Waals surface area contributed by atoms with Gasteiger partial charge in [-0.15, -0.1) is 34.2 Å². The first-order valence-electron chi connectivity index (χ1n) is 6.19. The molecule has 0 fully saturated rings. The molecule has 0 aliphatic heterocycles. The van der Waals surface area contributed by atoms with Crippen molar-refractivity contribution < 1.29 is 0 Å². The lowest BCUT2D eigenvalue weighted by Crippen LogP contribution is -2.22. The molecule has 3 N–H and O–H groups in total. The molecule has 0 aliphatic carbocycles. The van der Waals surface area contributed by atoms with Gasteiger partial charge in [0.25, 0.3) is 0 Å². The molecule has 0 amide bonds. The second-order valence-electron chi connectivity index (χ2n) is 4.23. The van der Waals surface area contributed by atoms with Crippen molar-refractivity contribution in [1.82, 2.24) is 14.8 Å². The molecule has 108 valence electrons. The predicted octanol–water partition coefficient (Wildman–Crippen LogP) is 2.15. The van der Waals surface area contributed by atoms with Crippen molar-refractivity contribution in [2.45, 2.75) is 26.9 Å². The summed E-state index contributed by atoms with van der Waals surface area (Å²) in [5, 5.41) is 10.9. The van der Waals surface area contributed by atoms with E-state index in [4.69, 9.17) is 5.73 Å². The monoisotopic (exact) mass is 386 g/mol. The number of nitrogens with one attached hydrogen (secondary N) is 1. The molecule has 0 unspecified atom stereocenters. The highest BCUT2D eigenvalue weighted by atomic mass is 127. The Morgan fingerprint density at radius 1 is 1.35 bits per heavy atom. The van der Waals surface area contributed by atoms with Crippen molar-refractivity contribution in [3.05, 3.63) is 42.0 Å². The largest absolute Gasteiger partial charge is 0.370 e. The number of aliphatic imine (C=N–C) groups is 1. The van der Waals surface area contributed by atoms with Crippen LogP contribution in [0.4, 0.5) is 5.69 Å². The van der Waals surface area contributed by atoms with E-state index in [-0.39, 0.29) is 24.0 Å². The Morgan fingerprint density at radius 3 is 2.70 bits per heavy atom. The predicted molar refractivity (Wildman–Crippen MR) is 91.2 cm³/mol. The Hall–Kier alpha value is -1.64. The van der Waals surface area contributed by atoms with Crippen molar-refractivity contribution in [2.24, 2.45) is 10.7 Å². The molecular formula is C13H19IN6. The topological polar surface area (TPSA) is 81.1 Å². The molecule has 1 aromatic carbocycles. The number of hydrogen-bond donors (Lipinski definition) is 2. The molecule has 1 heterocycles. The highest BCUT2D eigenvalue weighted by molar-refractivity contribution is 14.0. The van der Waals surface area contributed by atoms with Crippen molar-refractivity contribution in [3.63, 3.8) is 0 Å². The molecule has 0 saturated heterocycles. The summed E-state index contributed by atoms with van der Waals surface area (Å²) in [5.74, 6) is 1.17. The summed E-state index contributed by atoms with van der Waals surface area (Å²) in [5.41, 5.74) is 7.96. The van der Waals surface area contributed by atoms with Crippen LogP contribution in [0.3, 0.4) is 0 Å². The van der Waals surface area contributed by atoms with E-state index >= 15 is 0 Å². The van der Waals surface area contributed by atoms with Crippen LogP contribution in [-0.2, 0) is 13.1 Å². The fourth-order valence-corrected chi connectivity index (χ4v) is 1.65. The Labute approximate surface area is 135 Å². The van der Waals surface area contributed by atoms with Crippen LogP contribution in [0.25, 0.3) is 0 Å². The minimum absolute atomic E-state index is 0. The molecule has 0 radical (unpaired) electrons. The van der Waals surface area contributed by atoms with Crippen LogP contribution in [0, 0.1) is 6.92 Å². The first-order valence-corrected chi connectivity index (χ1v) is 6.19. The smallest absolute Gasteiger partial charge is 0.193 e. The average Bonchev–Trinajstić information content (AvgIpc) is 2.86. The Morgan fingerprint density at radius 2 is 2.05 bits per heavy atom.